The van der Waals surface area contributed by atoms with E-state index < -0.39 is 0 Å². The number of carbonyl (C=O) groups excluding carboxylic acids is 1. The van der Waals surface area contributed by atoms with Crippen LogP contribution in [0.2, 0.25) is 0 Å². The van der Waals surface area contributed by atoms with Gasteiger partial charge in [0.25, 0.3) is 0 Å². The molecule has 0 aliphatic rings. The lowest BCUT2D eigenvalue weighted by molar-refractivity contribution is -0.121. The summed E-state index contributed by atoms with van der Waals surface area (Å²) in [5, 5.41) is 6.19. The van der Waals surface area contributed by atoms with Gasteiger partial charge < -0.3 is 15.2 Å². The standard InChI is InChI=1S/C13H23N3O/c1-3-5-8-15-13(17)11-16-9-6-7-12(16)10-14-4-2/h6-7,9,14H,3-5,8,10-11H2,1-2H3,(H,15,17). The Kier molecular flexibility index (Phi) is 6.40. The largest absolute Gasteiger partial charge is 0.355 e. The van der Waals surface area contributed by atoms with Crippen LogP contribution in [0.15, 0.2) is 18.3 Å². The number of aromatic nitrogens is 1. The van der Waals surface area contributed by atoms with E-state index in [2.05, 4.69) is 24.5 Å². The van der Waals surface area contributed by atoms with Gasteiger partial charge in [-0.25, -0.2) is 0 Å². The highest BCUT2D eigenvalue weighted by atomic mass is 16.1. The summed E-state index contributed by atoms with van der Waals surface area (Å²) in [7, 11) is 0. The Bertz CT molecular complexity index is 333. The summed E-state index contributed by atoms with van der Waals surface area (Å²) in [6, 6.07) is 4.02. The monoisotopic (exact) mass is 237 g/mol. The van der Waals surface area contributed by atoms with Crippen molar-refractivity contribution < 1.29 is 4.79 Å². The van der Waals surface area contributed by atoms with Crippen molar-refractivity contribution in [2.45, 2.75) is 39.8 Å². The molecule has 0 saturated carbocycles. The fourth-order valence-corrected chi connectivity index (χ4v) is 1.63. The molecule has 0 radical (unpaired) electrons. The third-order valence-corrected chi connectivity index (χ3v) is 2.65. The van der Waals surface area contributed by atoms with E-state index in [1.165, 1.54) is 0 Å². The van der Waals surface area contributed by atoms with Gasteiger partial charge in [-0.05, 0) is 25.1 Å². The van der Waals surface area contributed by atoms with Crippen LogP contribution >= 0.6 is 0 Å². The van der Waals surface area contributed by atoms with Crippen LogP contribution in [0.5, 0.6) is 0 Å². The molecule has 0 spiro atoms. The Morgan fingerprint density at radius 1 is 1.41 bits per heavy atom. The van der Waals surface area contributed by atoms with E-state index in [4.69, 9.17) is 0 Å². The van der Waals surface area contributed by atoms with E-state index in [1.54, 1.807) is 0 Å². The summed E-state index contributed by atoms with van der Waals surface area (Å²) >= 11 is 0. The molecule has 0 aliphatic carbocycles. The normalized spacial score (nSPS) is 10.5. The average molecular weight is 237 g/mol. The first-order valence-corrected chi connectivity index (χ1v) is 6.39. The molecular formula is C13H23N3O. The number of hydrogen-bond acceptors (Lipinski definition) is 2. The minimum atomic E-state index is 0.0902. The van der Waals surface area contributed by atoms with E-state index in [0.717, 1.165) is 38.2 Å². The quantitative estimate of drug-likeness (QED) is 0.673. The molecule has 2 N–H and O–H groups in total. The van der Waals surface area contributed by atoms with Crippen molar-refractivity contribution in [3.8, 4) is 0 Å². The molecule has 0 saturated heterocycles. The van der Waals surface area contributed by atoms with Crippen molar-refractivity contribution in [2.75, 3.05) is 13.1 Å². The molecule has 0 bridgehead atoms. The first-order chi connectivity index (χ1) is 8.27. The molecule has 4 nitrogen and oxygen atoms in total. The second-order valence-corrected chi connectivity index (χ2v) is 4.11. The van der Waals surface area contributed by atoms with E-state index in [1.807, 2.05) is 22.9 Å². The van der Waals surface area contributed by atoms with Crippen LogP contribution < -0.4 is 10.6 Å². The molecule has 0 fully saturated rings. The predicted molar refractivity (Wildman–Crippen MR) is 69.7 cm³/mol. The van der Waals surface area contributed by atoms with Crippen LogP contribution in [-0.2, 0) is 17.9 Å². The summed E-state index contributed by atoms with van der Waals surface area (Å²) in [5.41, 5.74) is 1.15. The van der Waals surface area contributed by atoms with Crippen molar-refractivity contribution in [3.05, 3.63) is 24.0 Å². The van der Waals surface area contributed by atoms with Gasteiger partial charge in [0.15, 0.2) is 0 Å². The number of rotatable bonds is 8. The zero-order valence-corrected chi connectivity index (χ0v) is 10.8. The Morgan fingerprint density at radius 3 is 2.94 bits per heavy atom. The molecule has 0 aromatic carbocycles. The molecule has 1 aromatic rings. The highest BCUT2D eigenvalue weighted by molar-refractivity contribution is 5.75. The fraction of sp³-hybridized carbons (Fsp3) is 0.615. The van der Waals surface area contributed by atoms with E-state index in [9.17, 15) is 4.79 Å². The molecular weight excluding hydrogens is 214 g/mol. The summed E-state index contributed by atoms with van der Waals surface area (Å²) in [4.78, 5) is 11.7. The molecule has 1 rings (SSSR count). The topological polar surface area (TPSA) is 46.1 Å². The SMILES string of the molecule is CCCCNC(=O)Cn1cccc1CNCC. The number of hydrogen-bond donors (Lipinski definition) is 2. The second-order valence-electron chi connectivity index (χ2n) is 4.11. The van der Waals surface area contributed by atoms with Crippen LogP contribution in [0.3, 0.4) is 0 Å². The van der Waals surface area contributed by atoms with Crippen molar-refractivity contribution in [3.63, 3.8) is 0 Å². The van der Waals surface area contributed by atoms with Gasteiger partial charge in [-0.15, -0.1) is 0 Å². The maximum absolute atomic E-state index is 11.7. The minimum absolute atomic E-state index is 0.0902. The van der Waals surface area contributed by atoms with Crippen molar-refractivity contribution in [1.29, 1.82) is 0 Å². The van der Waals surface area contributed by atoms with Gasteiger partial charge in [-0.3, -0.25) is 4.79 Å². The second kappa shape index (κ2) is 7.90. The van der Waals surface area contributed by atoms with Gasteiger partial charge in [-0.2, -0.15) is 0 Å². The Morgan fingerprint density at radius 2 is 2.24 bits per heavy atom. The summed E-state index contributed by atoms with van der Waals surface area (Å²) in [6.07, 6.45) is 4.10. The van der Waals surface area contributed by atoms with Gasteiger partial charge in [0.05, 0.1) is 0 Å². The number of amides is 1. The van der Waals surface area contributed by atoms with Crippen LogP contribution in [0.25, 0.3) is 0 Å². The predicted octanol–water partition coefficient (Wildman–Crippen LogP) is 1.51. The maximum Gasteiger partial charge on any atom is 0.239 e. The highest BCUT2D eigenvalue weighted by Gasteiger charge is 2.05. The summed E-state index contributed by atoms with van der Waals surface area (Å²) < 4.78 is 1.99. The number of carbonyl (C=O) groups is 1. The lowest BCUT2D eigenvalue weighted by Crippen LogP contribution is -2.29. The molecule has 0 atom stereocenters. The number of nitrogens with one attached hydrogen (secondary N) is 2. The molecule has 96 valence electrons. The molecule has 1 amide bonds. The Labute approximate surface area is 103 Å². The van der Waals surface area contributed by atoms with Crippen LogP contribution in [0.4, 0.5) is 0 Å². The lowest BCUT2D eigenvalue weighted by atomic mass is 10.3. The smallest absolute Gasteiger partial charge is 0.239 e. The third-order valence-electron chi connectivity index (χ3n) is 2.65. The highest BCUT2D eigenvalue weighted by Crippen LogP contribution is 2.01. The maximum atomic E-state index is 11.7. The zero-order chi connectivity index (χ0) is 12.5. The molecule has 1 heterocycles. The van der Waals surface area contributed by atoms with E-state index >= 15 is 0 Å². The van der Waals surface area contributed by atoms with Gasteiger partial charge in [0, 0.05) is 25.0 Å². The molecule has 0 aliphatic heterocycles. The molecule has 1 aromatic heterocycles. The summed E-state index contributed by atoms with van der Waals surface area (Å²) in [6.45, 7) is 7.13. The number of nitrogens with zero attached hydrogens (tertiary/aromatic N) is 1. The van der Waals surface area contributed by atoms with E-state index in [0.29, 0.717) is 6.54 Å². The Hall–Kier alpha value is -1.29. The van der Waals surface area contributed by atoms with Gasteiger partial charge in [0.2, 0.25) is 5.91 Å². The minimum Gasteiger partial charge on any atom is -0.355 e. The number of unbranched alkanes of at least 4 members (excludes halogenated alkanes) is 1. The third kappa shape index (κ3) is 5.04. The molecule has 17 heavy (non-hydrogen) atoms. The fourth-order valence-electron chi connectivity index (χ4n) is 1.63. The van der Waals surface area contributed by atoms with Gasteiger partial charge in [0.1, 0.15) is 6.54 Å². The van der Waals surface area contributed by atoms with Crippen molar-refractivity contribution in [2.24, 2.45) is 0 Å². The first-order valence-electron chi connectivity index (χ1n) is 6.39. The zero-order valence-electron chi connectivity index (χ0n) is 10.8. The lowest BCUT2D eigenvalue weighted by Gasteiger charge is -2.10. The first kappa shape index (κ1) is 13.8. The van der Waals surface area contributed by atoms with Crippen LogP contribution in [0, 0.1) is 0 Å². The average Bonchev–Trinajstić information content (AvgIpc) is 2.74. The summed E-state index contributed by atoms with van der Waals surface area (Å²) in [5.74, 6) is 0.0902. The van der Waals surface area contributed by atoms with Crippen molar-refractivity contribution >= 4 is 5.91 Å². The molecule has 4 heteroatoms. The Balaban J connectivity index is 2.39. The van der Waals surface area contributed by atoms with Crippen LogP contribution in [-0.4, -0.2) is 23.6 Å². The van der Waals surface area contributed by atoms with Gasteiger partial charge >= 0.3 is 0 Å². The van der Waals surface area contributed by atoms with Crippen LogP contribution in [0.1, 0.15) is 32.4 Å². The van der Waals surface area contributed by atoms with Crippen molar-refractivity contribution in [1.82, 2.24) is 15.2 Å². The van der Waals surface area contributed by atoms with E-state index in [-0.39, 0.29) is 5.91 Å². The van der Waals surface area contributed by atoms with Gasteiger partial charge in [-0.1, -0.05) is 20.3 Å². The molecule has 0 unspecified atom stereocenters.